The lowest BCUT2D eigenvalue weighted by Crippen LogP contribution is -2.55. The molecule has 1 saturated carbocycles. The molecule has 2 atom stereocenters. The van der Waals surface area contributed by atoms with Crippen molar-refractivity contribution in [2.24, 2.45) is 5.92 Å². The molecule has 2 aliphatic rings. The predicted molar refractivity (Wildman–Crippen MR) is 161 cm³/mol. The summed E-state index contributed by atoms with van der Waals surface area (Å²) in [5, 5.41) is 4.28. The van der Waals surface area contributed by atoms with Crippen LogP contribution in [-0.4, -0.2) is 77.4 Å². The molecule has 0 bridgehead atoms. The Morgan fingerprint density at radius 3 is 2.43 bits per heavy atom. The number of carbonyl (C=O) groups is 2. The first kappa shape index (κ1) is 31.6. The first-order valence-corrected chi connectivity index (χ1v) is 15.2. The van der Waals surface area contributed by atoms with Crippen LogP contribution in [0.25, 0.3) is 11.3 Å². The van der Waals surface area contributed by atoms with Gasteiger partial charge in [0.05, 0.1) is 28.2 Å². The highest BCUT2D eigenvalue weighted by Crippen LogP contribution is 2.38. The van der Waals surface area contributed by atoms with E-state index in [4.69, 9.17) is 0 Å². The smallest absolute Gasteiger partial charge is 0.367 e. The number of hydrogen-bond acceptors (Lipinski definition) is 7. The first-order valence-electron chi connectivity index (χ1n) is 14.3. The summed E-state index contributed by atoms with van der Waals surface area (Å²) in [6, 6.07) is 3.03. The average molecular weight is 635 g/mol. The molecule has 2 N–H and O–H groups in total. The Kier molecular flexibility index (Phi) is 8.60. The predicted octanol–water partition coefficient (Wildman–Crippen LogP) is 5.23. The third-order valence-electron chi connectivity index (χ3n) is 8.34. The molecular weight excluding hydrogens is 600 g/mol. The number of nitrogens with zero attached hydrogens (tertiary/aromatic N) is 4. The number of pyridine rings is 1. The minimum absolute atomic E-state index is 0.0198. The second kappa shape index (κ2) is 12.0. The van der Waals surface area contributed by atoms with Gasteiger partial charge in [0, 0.05) is 67.5 Å². The van der Waals surface area contributed by atoms with Crippen LogP contribution in [0.4, 0.5) is 28.9 Å². The molecule has 0 spiro atoms. The van der Waals surface area contributed by atoms with Crippen LogP contribution in [-0.2, 0) is 6.18 Å². The second-order valence-electron chi connectivity index (χ2n) is 11.8. The molecule has 1 saturated heterocycles. The Morgan fingerprint density at radius 1 is 1.16 bits per heavy atom. The Balaban J connectivity index is 1.56. The number of halogens is 4. The number of anilines is 2. The van der Waals surface area contributed by atoms with Crippen molar-refractivity contribution >= 4 is 34.5 Å². The van der Waals surface area contributed by atoms with Gasteiger partial charge in [-0.2, -0.15) is 13.2 Å². The van der Waals surface area contributed by atoms with E-state index in [1.807, 2.05) is 25.8 Å². The van der Waals surface area contributed by atoms with E-state index in [1.165, 1.54) is 24.4 Å². The van der Waals surface area contributed by atoms with Crippen molar-refractivity contribution in [3.63, 3.8) is 0 Å². The largest absolute Gasteiger partial charge is 0.417 e. The van der Waals surface area contributed by atoms with E-state index in [9.17, 15) is 27.6 Å². The third-order valence-corrected chi connectivity index (χ3v) is 9.17. The highest BCUT2D eigenvalue weighted by Gasteiger charge is 2.37. The monoisotopic (exact) mass is 634 g/mol. The van der Waals surface area contributed by atoms with Crippen molar-refractivity contribution in [1.29, 1.82) is 0 Å². The molecule has 1 aliphatic heterocycles. The molecule has 3 heterocycles. The molecule has 44 heavy (non-hydrogen) atoms. The number of alkyl halides is 3. The lowest BCUT2D eigenvalue weighted by molar-refractivity contribution is -0.138. The number of H-pyrrole nitrogens is 1. The third kappa shape index (κ3) is 6.50. The number of benzene rings is 1. The number of piperazine rings is 1. The molecule has 14 heteroatoms. The molecule has 1 aromatic carbocycles. The van der Waals surface area contributed by atoms with Gasteiger partial charge in [-0.15, -0.1) is 11.3 Å². The van der Waals surface area contributed by atoms with Crippen LogP contribution in [0, 0.1) is 18.7 Å². The average Bonchev–Trinajstić information content (AvgIpc) is 3.62. The van der Waals surface area contributed by atoms with Crippen molar-refractivity contribution in [2.45, 2.75) is 51.9 Å². The van der Waals surface area contributed by atoms with Crippen molar-refractivity contribution in [2.75, 3.05) is 43.9 Å². The van der Waals surface area contributed by atoms with Gasteiger partial charge in [-0.3, -0.25) is 19.3 Å². The lowest BCUT2D eigenvalue weighted by Gasteiger charge is -2.44. The normalized spacial score (nSPS) is 19.2. The zero-order chi connectivity index (χ0) is 32.1. The number of aromatic nitrogens is 2. The molecule has 236 valence electrons. The van der Waals surface area contributed by atoms with E-state index in [2.05, 4.69) is 20.2 Å². The summed E-state index contributed by atoms with van der Waals surface area (Å²) in [6.45, 7) is 6.75. The fourth-order valence-corrected chi connectivity index (χ4v) is 6.35. The maximum absolute atomic E-state index is 15.8. The summed E-state index contributed by atoms with van der Waals surface area (Å²) in [7, 11) is 3.66. The summed E-state index contributed by atoms with van der Waals surface area (Å²) < 4.78 is 57.5. The molecule has 2 amide bonds. The van der Waals surface area contributed by atoms with Gasteiger partial charge in [0.15, 0.2) is 5.01 Å². The summed E-state index contributed by atoms with van der Waals surface area (Å²) in [5.74, 6) is -1.59. The topological polar surface area (TPSA) is 102 Å². The van der Waals surface area contributed by atoms with E-state index in [-0.39, 0.29) is 51.3 Å². The van der Waals surface area contributed by atoms with Crippen molar-refractivity contribution in [3.8, 4) is 11.3 Å². The summed E-state index contributed by atoms with van der Waals surface area (Å²) in [4.78, 5) is 50.5. The van der Waals surface area contributed by atoms with E-state index in [0.29, 0.717) is 31.6 Å². The maximum atomic E-state index is 15.8. The van der Waals surface area contributed by atoms with Crippen molar-refractivity contribution in [1.82, 2.24) is 19.8 Å². The number of rotatable bonds is 7. The standard InChI is InChI=1S/C30H34F4N6O3S/c1-15-11-40(12-16(2)39(15)5)24-10-21(31)19(23-14-44-28(37-23)29(43)38(4)13-18-6-7-18)8-22(24)36-27(42)26-17(3)35-25(41)9-20(26)30(32,33)34/h8-10,14-16,18H,6-7,11-13H2,1-5H3,(H,35,41)(H,36,42)/t15-,16+. The van der Waals surface area contributed by atoms with Gasteiger partial charge in [-0.25, -0.2) is 9.37 Å². The minimum atomic E-state index is -4.97. The highest BCUT2D eigenvalue weighted by molar-refractivity contribution is 7.12. The fourth-order valence-electron chi connectivity index (χ4n) is 5.54. The molecule has 1 aliphatic carbocycles. The van der Waals surface area contributed by atoms with E-state index in [1.54, 1.807) is 11.9 Å². The first-order chi connectivity index (χ1) is 20.6. The number of aromatic amines is 1. The summed E-state index contributed by atoms with van der Waals surface area (Å²) in [6.07, 6.45) is -2.83. The van der Waals surface area contributed by atoms with Crippen LogP contribution < -0.4 is 15.8 Å². The van der Waals surface area contributed by atoms with Gasteiger partial charge in [0.25, 0.3) is 11.8 Å². The quantitative estimate of drug-likeness (QED) is 0.346. The van der Waals surface area contributed by atoms with Crippen LogP contribution in [0.2, 0.25) is 0 Å². The number of aryl methyl sites for hydroxylation is 1. The van der Waals surface area contributed by atoms with Crippen LogP contribution >= 0.6 is 11.3 Å². The Bertz CT molecular complexity index is 1640. The van der Waals surface area contributed by atoms with Gasteiger partial charge < -0.3 is 20.1 Å². The van der Waals surface area contributed by atoms with Gasteiger partial charge in [0.2, 0.25) is 5.56 Å². The number of nitrogens with one attached hydrogen (secondary N) is 2. The highest BCUT2D eigenvalue weighted by atomic mass is 32.1. The molecule has 0 unspecified atom stereocenters. The second-order valence-corrected chi connectivity index (χ2v) is 12.6. The number of thiazole rings is 1. The van der Waals surface area contributed by atoms with Crippen LogP contribution in [0.15, 0.2) is 28.4 Å². The van der Waals surface area contributed by atoms with E-state index in [0.717, 1.165) is 24.2 Å². The SMILES string of the molecule is Cc1[nH]c(=O)cc(C(F)(F)F)c1C(=O)Nc1cc(-c2csc(C(=O)N(C)CC3CC3)n2)c(F)cc1N1C[C@@H](C)N(C)[C@@H](C)C1. The van der Waals surface area contributed by atoms with Gasteiger partial charge in [-0.05, 0) is 52.6 Å². The van der Waals surface area contributed by atoms with E-state index < -0.39 is 34.6 Å². The Labute approximate surface area is 255 Å². The number of carbonyl (C=O) groups excluding carboxylic acids is 2. The molecule has 9 nitrogen and oxygen atoms in total. The molecule has 2 fully saturated rings. The summed E-state index contributed by atoms with van der Waals surface area (Å²) in [5.41, 5.74) is -2.87. The molecular formula is C30H34F4N6O3S. The van der Waals surface area contributed by atoms with Crippen molar-refractivity contribution in [3.05, 3.63) is 61.6 Å². The number of hydrogen-bond donors (Lipinski definition) is 2. The zero-order valence-electron chi connectivity index (χ0n) is 25.0. The van der Waals surface area contributed by atoms with Gasteiger partial charge in [0.1, 0.15) is 5.82 Å². The molecule has 0 radical (unpaired) electrons. The Morgan fingerprint density at radius 2 is 1.82 bits per heavy atom. The fraction of sp³-hybridized carbons (Fsp3) is 0.467. The Hall–Kier alpha value is -3.78. The molecule has 5 rings (SSSR count). The summed E-state index contributed by atoms with van der Waals surface area (Å²) >= 11 is 1.06. The number of amides is 2. The lowest BCUT2D eigenvalue weighted by atomic mass is 10.0. The van der Waals surface area contributed by atoms with Crippen LogP contribution in [0.3, 0.4) is 0 Å². The van der Waals surface area contributed by atoms with Gasteiger partial charge in [-0.1, -0.05) is 0 Å². The van der Waals surface area contributed by atoms with E-state index >= 15 is 4.39 Å². The van der Waals surface area contributed by atoms with Gasteiger partial charge >= 0.3 is 6.18 Å². The molecule has 3 aromatic rings. The number of likely N-dealkylation sites (N-methyl/N-ethyl adjacent to an activating group) is 1. The maximum Gasteiger partial charge on any atom is 0.417 e. The van der Waals surface area contributed by atoms with Crippen molar-refractivity contribution < 1.29 is 27.2 Å². The van der Waals surface area contributed by atoms with Crippen LogP contribution in [0.1, 0.15) is 58.1 Å². The molecule has 2 aromatic heterocycles. The minimum Gasteiger partial charge on any atom is -0.367 e. The zero-order valence-corrected chi connectivity index (χ0v) is 25.8. The van der Waals surface area contributed by atoms with Crippen LogP contribution in [0.5, 0.6) is 0 Å².